The molecule has 2 atom stereocenters. The second-order valence-electron chi connectivity index (χ2n) is 8.82. The summed E-state index contributed by atoms with van der Waals surface area (Å²) in [4.78, 5) is 43.7. The average Bonchev–Trinajstić information content (AvgIpc) is 2.85. The van der Waals surface area contributed by atoms with Crippen molar-refractivity contribution >= 4 is 29.1 Å². The first-order valence-corrected chi connectivity index (χ1v) is 11.5. The van der Waals surface area contributed by atoms with Crippen molar-refractivity contribution in [2.75, 3.05) is 23.4 Å². The van der Waals surface area contributed by atoms with E-state index in [1.54, 1.807) is 16.8 Å². The Morgan fingerprint density at radius 3 is 2.23 bits per heavy atom. The predicted molar refractivity (Wildman–Crippen MR) is 134 cm³/mol. The highest BCUT2D eigenvalue weighted by Crippen LogP contribution is 2.42. The molecule has 0 unspecified atom stereocenters. The molecule has 3 aromatic rings. The smallest absolute Gasteiger partial charge is 0.258 e. The highest BCUT2D eigenvalue weighted by Gasteiger charge is 2.39. The van der Waals surface area contributed by atoms with Crippen LogP contribution in [0.2, 0.25) is 0 Å². The molecule has 3 aromatic carbocycles. The van der Waals surface area contributed by atoms with Crippen molar-refractivity contribution in [3.05, 3.63) is 95.8 Å². The van der Waals surface area contributed by atoms with Crippen LogP contribution >= 0.6 is 0 Å². The van der Waals surface area contributed by atoms with E-state index in [1.807, 2.05) is 61.5 Å². The fraction of sp³-hybridized carbons (Fsp3) is 0.250. The van der Waals surface area contributed by atoms with Gasteiger partial charge in [0.2, 0.25) is 11.8 Å². The lowest BCUT2D eigenvalue weighted by Crippen LogP contribution is -2.49. The van der Waals surface area contributed by atoms with Crippen molar-refractivity contribution < 1.29 is 18.8 Å². The highest BCUT2D eigenvalue weighted by atomic mass is 19.1. The van der Waals surface area contributed by atoms with Crippen molar-refractivity contribution in [3.8, 4) is 0 Å². The minimum Gasteiger partial charge on any atom is -0.337 e. The minimum atomic E-state index is -0.402. The molecule has 180 valence electrons. The van der Waals surface area contributed by atoms with Gasteiger partial charge in [0.15, 0.2) is 0 Å². The number of hydrogen-bond acceptors (Lipinski definition) is 3. The number of likely N-dealkylation sites (N-methyl/N-ethyl adjacent to an activating group) is 1. The topological polar surface area (TPSA) is 60.9 Å². The highest BCUT2D eigenvalue weighted by molar-refractivity contribution is 6.07. The van der Waals surface area contributed by atoms with Gasteiger partial charge >= 0.3 is 0 Å². The van der Waals surface area contributed by atoms with Gasteiger partial charge in [-0.2, -0.15) is 0 Å². The quantitative estimate of drug-likeness (QED) is 0.534. The van der Waals surface area contributed by atoms with E-state index in [-0.39, 0.29) is 36.3 Å². The molecule has 4 rings (SSSR count). The van der Waals surface area contributed by atoms with Crippen LogP contribution in [0.5, 0.6) is 0 Å². The molecule has 1 aliphatic heterocycles. The number of halogens is 1. The van der Waals surface area contributed by atoms with Crippen LogP contribution in [-0.4, -0.2) is 42.3 Å². The summed E-state index contributed by atoms with van der Waals surface area (Å²) in [6.07, 6.45) is 0.494. The molecule has 0 aromatic heterocycles. The third kappa shape index (κ3) is 4.94. The Kier molecular flexibility index (Phi) is 6.96. The first-order chi connectivity index (χ1) is 16.8. The van der Waals surface area contributed by atoms with E-state index >= 15 is 0 Å². The molecule has 35 heavy (non-hydrogen) atoms. The van der Waals surface area contributed by atoms with Gasteiger partial charge in [-0.15, -0.1) is 0 Å². The van der Waals surface area contributed by atoms with E-state index < -0.39 is 5.82 Å². The Hall–Kier alpha value is -4.00. The van der Waals surface area contributed by atoms with Gasteiger partial charge in [0.25, 0.3) is 5.91 Å². The monoisotopic (exact) mass is 473 g/mol. The van der Waals surface area contributed by atoms with E-state index in [0.29, 0.717) is 17.7 Å². The Morgan fingerprint density at radius 1 is 0.943 bits per heavy atom. The molecule has 0 radical (unpaired) electrons. The van der Waals surface area contributed by atoms with Gasteiger partial charge in [0, 0.05) is 37.0 Å². The average molecular weight is 474 g/mol. The molecule has 1 aliphatic rings. The molecule has 6 nitrogen and oxygen atoms in total. The molecule has 0 fully saturated rings. The molecule has 0 N–H and O–H groups in total. The first kappa shape index (κ1) is 24.1. The Morgan fingerprint density at radius 2 is 1.57 bits per heavy atom. The van der Waals surface area contributed by atoms with Crippen molar-refractivity contribution in [2.45, 2.75) is 32.4 Å². The molecule has 0 saturated heterocycles. The number of anilines is 2. The number of benzene rings is 3. The van der Waals surface area contributed by atoms with Crippen LogP contribution in [0.4, 0.5) is 15.8 Å². The molecule has 3 amide bonds. The predicted octanol–water partition coefficient (Wildman–Crippen LogP) is 4.82. The number of nitrogens with zero attached hydrogens (tertiary/aromatic N) is 3. The lowest BCUT2D eigenvalue weighted by Gasteiger charge is -2.44. The van der Waals surface area contributed by atoms with Gasteiger partial charge in [0.1, 0.15) is 5.82 Å². The van der Waals surface area contributed by atoms with Gasteiger partial charge in [-0.05, 0) is 61.4 Å². The van der Waals surface area contributed by atoms with Gasteiger partial charge in [-0.3, -0.25) is 14.4 Å². The van der Waals surface area contributed by atoms with E-state index in [4.69, 9.17) is 0 Å². The van der Waals surface area contributed by atoms with Crippen LogP contribution in [0.15, 0.2) is 78.9 Å². The summed E-state index contributed by atoms with van der Waals surface area (Å²) in [6, 6.07) is 21.8. The molecule has 1 heterocycles. The van der Waals surface area contributed by atoms with E-state index in [1.165, 1.54) is 36.1 Å². The number of carbonyl (C=O) groups excluding carboxylic acids is 3. The van der Waals surface area contributed by atoms with Crippen molar-refractivity contribution in [1.29, 1.82) is 0 Å². The lowest BCUT2D eigenvalue weighted by atomic mass is 9.89. The van der Waals surface area contributed by atoms with Crippen LogP contribution < -0.4 is 9.80 Å². The van der Waals surface area contributed by atoms with E-state index in [2.05, 4.69) is 0 Å². The number of rotatable bonds is 5. The normalized spacial score (nSPS) is 16.9. The molecule has 0 saturated carbocycles. The molecule has 0 aliphatic carbocycles. The van der Waals surface area contributed by atoms with Crippen LogP contribution in [-0.2, 0) is 9.59 Å². The van der Waals surface area contributed by atoms with Gasteiger partial charge in [-0.1, -0.05) is 36.4 Å². The van der Waals surface area contributed by atoms with E-state index in [0.717, 1.165) is 11.3 Å². The molecule has 7 heteroatoms. The van der Waals surface area contributed by atoms with Crippen LogP contribution in [0.1, 0.15) is 42.2 Å². The zero-order chi connectivity index (χ0) is 25.1. The number of para-hydroxylation sites is 2. The third-order valence-electron chi connectivity index (χ3n) is 6.40. The Bertz CT molecular complexity index is 1230. The summed E-state index contributed by atoms with van der Waals surface area (Å²) >= 11 is 0. The summed E-state index contributed by atoms with van der Waals surface area (Å²) < 4.78 is 13.4. The first-order valence-electron chi connectivity index (χ1n) is 11.5. The Labute approximate surface area is 204 Å². The molecule has 0 bridgehead atoms. The summed E-state index contributed by atoms with van der Waals surface area (Å²) in [5.74, 6) is -1.03. The fourth-order valence-electron chi connectivity index (χ4n) is 4.54. The zero-order valence-electron chi connectivity index (χ0n) is 20.0. The molecular formula is C28H28FN3O3. The standard InChI is InChI=1S/C28H28FN3O3/c1-19-17-26(32(23-9-5-4-6-10-23)27(34)18-30(3)20(2)33)24-11-7-8-12-25(24)31(19)28(35)21-13-15-22(29)16-14-21/h4-16,19,26H,17-18H2,1-3H3/t19-,26+/m0/s1. The van der Waals surface area contributed by atoms with Crippen LogP contribution in [0.3, 0.4) is 0 Å². The van der Waals surface area contributed by atoms with Gasteiger partial charge < -0.3 is 14.7 Å². The fourth-order valence-corrected chi connectivity index (χ4v) is 4.54. The van der Waals surface area contributed by atoms with Gasteiger partial charge in [0.05, 0.1) is 12.6 Å². The second-order valence-corrected chi connectivity index (χ2v) is 8.82. The Balaban J connectivity index is 1.76. The maximum Gasteiger partial charge on any atom is 0.258 e. The van der Waals surface area contributed by atoms with Crippen molar-refractivity contribution in [2.24, 2.45) is 0 Å². The van der Waals surface area contributed by atoms with Crippen molar-refractivity contribution in [1.82, 2.24) is 4.90 Å². The summed E-state index contributed by atoms with van der Waals surface area (Å²) in [5, 5.41) is 0. The zero-order valence-corrected chi connectivity index (χ0v) is 20.0. The van der Waals surface area contributed by atoms with E-state index in [9.17, 15) is 18.8 Å². The SMILES string of the molecule is CC(=O)N(C)CC(=O)N(c1ccccc1)[C@@H]1C[C@H](C)N(C(=O)c2ccc(F)cc2)c2ccccc21. The molecular weight excluding hydrogens is 445 g/mol. The van der Waals surface area contributed by atoms with Gasteiger partial charge in [-0.25, -0.2) is 4.39 Å². The largest absolute Gasteiger partial charge is 0.337 e. The van der Waals surface area contributed by atoms with Crippen molar-refractivity contribution in [3.63, 3.8) is 0 Å². The summed E-state index contributed by atoms with van der Waals surface area (Å²) in [5.41, 5.74) is 2.66. The summed E-state index contributed by atoms with van der Waals surface area (Å²) in [7, 11) is 1.60. The number of hydrogen-bond donors (Lipinski definition) is 0. The lowest BCUT2D eigenvalue weighted by molar-refractivity contribution is -0.132. The number of fused-ring (bicyclic) bond motifs is 1. The second kappa shape index (κ2) is 10.1. The number of amides is 3. The molecule has 0 spiro atoms. The summed E-state index contributed by atoms with van der Waals surface area (Å²) in [6.45, 7) is 3.31. The third-order valence-corrected chi connectivity index (χ3v) is 6.40. The maximum atomic E-state index is 13.6. The minimum absolute atomic E-state index is 0.0600. The number of carbonyl (C=O) groups is 3. The van der Waals surface area contributed by atoms with Crippen LogP contribution in [0, 0.1) is 5.82 Å². The van der Waals surface area contributed by atoms with Crippen LogP contribution in [0.25, 0.3) is 0 Å². The maximum absolute atomic E-state index is 13.6.